The van der Waals surface area contributed by atoms with E-state index in [2.05, 4.69) is 42.2 Å². The van der Waals surface area contributed by atoms with E-state index >= 15 is 0 Å². The summed E-state index contributed by atoms with van der Waals surface area (Å²) in [5.41, 5.74) is 5.37. The number of rotatable bonds is 3. The number of nitrogens with zero attached hydrogens (tertiary/aromatic N) is 2. The van der Waals surface area contributed by atoms with E-state index in [1.54, 1.807) is 0 Å². The second kappa shape index (κ2) is 5.46. The average Bonchev–Trinajstić information content (AvgIpc) is 2.41. The molecule has 0 spiro atoms. The molecule has 0 N–H and O–H groups in total. The van der Waals surface area contributed by atoms with E-state index in [0.717, 1.165) is 28.9 Å². The van der Waals surface area contributed by atoms with Crippen molar-refractivity contribution in [1.82, 2.24) is 4.98 Å². The molecule has 0 amide bonds. The highest BCUT2D eigenvalue weighted by Crippen LogP contribution is 2.20. The first-order valence-electron chi connectivity index (χ1n) is 6.17. The van der Waals surface area contributed by atoms with Crippen LogP contribution < -0.4 is 0 Å². The van der Waals surface area contributed by atoms with Gasteiger partial charge in [0.15, 0.2) is 0 Å². The zero-order valence-electron chi connectivity index (χ0n) is 10.8. The molecule has 2 aromatic rings. The molecule has 0 saturated carbocycles. The molecule has 0 atom stereocenters. The lowest BCUT2D eigenvalue weighted by Gasteiger charge is -2.06. The zero-order chi connectivity index (χ0) is 13.0. The standard InChI is InChI=1S/C16H16N2/c1-3-13-4-6-15(7-5-13)16-9-8-14(10-11-17)12(2)18-16/h4-9H,3,10H2,1-2H3. The molecule has 0 radical (unpaired) electrons. The van der Waals surface area contributed by atoms with Gasteiger partial charge in [0.1, 0.15) is 0 Å². The molecule has 0 saturated heterocycles. The Labute approximate surface area is 108 Å². The minimum absolute atomic E-state index is 0.424. The fourth-order valence-electron chi connectivity index (χ4n) is 1.93. The van der Waals surface area contributed by atoms with Gasteiger partial charge in [-0.1, -0.05) is 37.3 Å². The maximum absolute atomic E-state index is 8.71. The summed E-state index contributed by atoms with van der Waals surface area (Å²) in [5, 5.41) is 8.71. The monoisotopic (exact) mass is 236 g/mol. The maximum Gasteiger partial charge on any atom is 0.0705 e. The van der Waals surface area contributed by atoms with Crippen LogP contribution in [-0.4, -0.2) is 4.98 Å². The fraction of sp³-hybridized carbons (Fsp3) is 0.250. The van der Waals surface area contributed by atoms with Gasteiger partial charge in [0.25, 0.3) is 0 Å². The van der Waals surface area contributed by atoms with Crippen LogP contribution in [0.1, 0.15) is 23.7 Å². The molecule has 0 fully saturated rings. The highest BCUT2D eigenvalue weighted by molar-refractivity contribution is 5.60. The summed E-state index contributed by atoms with van der Waals surface area (Å²) in [6, 6.07) is 14.6. The second-order valence-electron chi connectivity index (χ2n) is 4.33. The molecule has 2 rings (SSSR count). The van der Waals surface area contributed by atoms with Crippen LogP contribution in [0.4, 0.5) is 0 Å². The highest BCUT2D eigenvalue weighted by atomic mass is 14.7. The predicted molar refractivity (Wildman–Crippen MR) is 73.1 cm³/mol. The Balaban J connectivity index is 2.33. The van der Waals surface area contributed by atoms with Gasteiger partial charge in [0.05, 0.1) is 18.2 Å². The molecule has 1 heterocycles. The van der Waals surface area contributed by atoms with E-state index in [4.69, 9.17) is 5.26 Å². The van der Waals surface area contributed by atoms with Crippen molar-refractivity contribution in [3.05, 3.63) is 53.2 Å². The summed E-state index contributed by atoms with van der Waals surface area (Å²) in [6.45, 7) is 4.10. The first kappa shape index (κ1) is 12.3. The Hall–Kier alpha value is -2.14. The molecule has 2 heteroatoms. The molecule has 2 nitrogen and oxygen atoms in total. The third-order valence-corrected chi connectivity index (χ3v) is 3.12. The fourth-order valence-corrected chi connectivity index (χ4v) is 1.93. The van der Waals surface area contributed by atoms with Crippen molar-refractivity contribution < 1.29 is 0 Å². The lowest BCUT2D eigenvalue weighted by Crippen LogP contribution is -1.94. The number of hydrogen-bond donors (Lipinski definition) is 0. The average molecular weight is 236 g/mol. The van der Waals surface area contributed by atoms with E-state index in [0.29, 0.717) is 6.42 Å². The van der Waals surface area contributed by atoms with E-state index in [1.807, 2.05) is 19.1 Å². The Bertz CT molecular complexity index is 577. The molecule has 18 heavy (non-hydrogen) atoms. The van der Waals surface area contributed by atoms with Gasteiger partial charge >= 0.3 is 0 Å². The summed E-state index contributed by atoms with van der Waals surface area (Å²) in [5.74, 6) is 0. The predicted octanol–water partition coefficient (Wildman–Crippen LogP) is 3.69. The van der Waals surface area contributed by atoms with Gasteiger partial charge in [-0.05, 0) is 30.5 Å². The second-order valence-corrected chi connectivity index (χ2v) is 4.33. The summed E-state index contributed by atoms with van der Waals surface area (Å²) < 4.78 is 0. The Morgan fingerprint density at radius 2 is 1.83 bits per heavy atom. The van der Waals surface area contributed by atoms with E-state index < -0.39 is 0 Å². The Kier molecular flexibility index (Phi) is 3.74. The van der Waals surface area contributed by atoms with E-state index in [9.17, 15) is 0 Å². The summed E-state index contributed by atoms with van der Waals surface area (Å²) in [4.78, 5) is 4.57. The van der Waals surface area contributed by atoms with Crippen LogP contribution in [0.2, 0.25) is 0 Å². The van der Waals surface area contributed by atoms with E-state index in [1.165, 1.54) is 5.56 Å². The molecule has 0 aliphatic rings. The van der Waals surface area contributed by atoms with Crippen molar-refractivity contribution in [2.24, 2.45) is 0 Å². The number of benzene rings is 1. The normalized spacial score (nSPS) is 10.1. The molecule has 0 unspecified atom stereocenters. The molecular formula is C16H16N2. The zero-order valence-corrected chi connectivity index (χ0v) is 10.8. The molecule has 0 aliphatic carbocycles. The van der Waals surface area contributed by atoms with Crippen molar-refractivity contribution in [3.63, 3.8) is 0 Å². The maximum atomic E-state index is 8.71. The van der Waals surface area contributed by atoms with Gasteiger partial charge in [-0.3, -0.25) is 4.98 Å². The first-order valence-corrected chi connectivity index (χ1v) is 6.17. The summed E-state index contributed by atoms with van der Waals surface area (Å²) in [6.07, 6.45) is 1.47. The lowest BCUT2D eigenvalue weighted by atomic mass is 10.0. The minimum atomic E-state index is 0.424. The van der Waals surface area contributed by atoms with Crippen LogP contribution in [-0.2, 0) is 12.8 Å². The van der Waals surface area contributed by atoms with Crippen molar-refractivity contribution >= 4 is 0 Å². The molecule has 90 valence electrons. The summed E-state index contributed by atoms with van der Waals surface area (Å²) >= 11 is 0. The number of hydrogen-bond acceptors (Lipinski definition) is 2. The number of pyridine rings is 1. The molecular weight excluding hydrogens is 220 g/mol. The van der Waals surface area contributed by atoms with Crippen molar-refractivity contribution in [1.29, 1.82) is 5.26 Å². The smallest absolute Gasteiger partial charge is 0.0705 e. The van der Waals surface area contributed by atoms with E-state index in [-0.39, 0.29) is 0 Å². The van der Waals surface area contributed by atoms with Crippen LogP contribution in [0.5, 0.6) is 0 Å². The number of nitriles is 1. The molecule has 1 aromatic carbocycles. The number of aromatic nitrogens is 1. The first-order chi connectivity index (χ1) is 8.74. The molecule has 0 bridgehead atoms. The molecule has 1 aromatic heterocycles. The number of aryl methyl sites for hydroxylation is 2. The largest absolute Gasteiger partial charge is 0.253 e. The summed E-state index contributed by atoms with van der Waals surface area (Å²) in [7, 11) is 0. The van der Waals surface area contributed by atoms with Crippen molar-refractivity contribution in [2.45, 2.75) is 26.7 Å². The lowest BCUT2D eigenvalue weighted by molar-refractivity contribution is 1.11. The van der Waals surface area contributed by atoms with Crippen LogP contribution >= 0.6 is 0 Å². The van der Waals surface area contributed by atoms with Crippen LogP contribution in [0, 0.1) is 18.3 Å². The van der Waals surface area contributed by atoms with Crippen LogP contribution in [0.15, 0.2) is 36.4 Å². The Morgan fingerprint density at radius 3 is 2.39 bits per heavy atom. The van der Waals surface area contributed by atoms with Crippen LogP contribution in [0.3, 0.4) is 0 Å². The minimum Gasteiger partial charge on any atom is -0.253 e. The van der Waals surface area contributed by atoms with Gasteiger partial charge in [-0.15, -0.1) is 0 Å². The van der Waals surface area contributed by atoms with Crippen LogP contribution in [0.25, 0.3) is 11.3 Å². The highest BCUT2D eigenvalue weighted by Gasteiger charge is 2.03. The SMILES string of the molecule is CCc1ccc(-c2ccc(CC#N)c(C)n2)cc1. The van der Waals surface area contributed by atoms with Gasteiger partial charge in [0.2, 0.25) is 0 Å². The van der Waals surface area contributed by atoms with Crippen molar-refractivity contribution in [2.75, 3.05) is 0 Å². The van der Waals surface area contributed by atoms with Crippen molar-refractivity contribution in [3.8, 4) is 17.3 Å². The Morgan fingerprint density at radius 1 is 1.11 bits per heavy atom. The molecule has 0 aliphatic heterocycles. The van der Waals surface area contributed by atoms with Gasteiger partial charge in [-0.25, -0.2) is 0 Å². The topological polar surface area (TPSA) is 36.7 Å². The van der Waals surface area contributed by atoms with Gasteiger partial charge in [-0.2, -0.15) is 5.26 Å². The third-order valence-electron chi connectivity index (χ3n) is 3.12. The third kappa shape index (κ3) is 2.57. The van der Waals surface area contributed by atoms with Gasteiger partial charge in [0, 0.05) is 11.3 Å². The van der Waals surface area contributed by atoms with Gasteiger partial charge < -0.3 is 0 Å². The quantitative estimate of drug-likeness (QED) is 0.815.